The number of nitro benzene ring substituents is 1. The van der Waals surface area contributed by atoms with Gasteiger partial charge in [0, 0.05) is 18.7 Å². The van der Waals surface area contributed by atoms with Gasteiger partial charge in [-0.05, 0) is 50.2 Å². The van der Waals surface area contributed by atoms with Crippen molar-refractivity contribution < 1.29 is 18.1 Å². The average Bonchev–Trinajstić information content (AvgIpc) is 2.75. The number of amides is 1. The van der Waals surface area contributed by atoms with E-state index in [1.165, 1.54) is 50.4 Å². The molecule has 9 heteroatoms. The van der Waals surface area contributed by atoms with Gasteiger partial charge >= 0.3 is 0 Å². The maximum atomic E-state index is 13.0. The van der Waals surface area contributed by atoms with Crippen molar-refractivity contribution in [3.63, 3.8) is 0 Å². The second kappa shape index (κ2) is 8.57. The monoisotopic (exact) mass is 439 g/mol. The van der Waals surface area contributed by atoms with Crippen molar-refractivity contribution in [1.29, 1.82) is 0 Å². The highest BCUT2D eigenvalue weighted by Crippen LogP contribution is 2.26. The Bertz CT molecular complexity index is 1250. The number of sulfonamides is 1. The van der Waals surface area contributed by atoms with E-state index in [0.29, 0.717) is 11.3 Å². The smallest absolute Gasteiger partial charge is 0.274 e. The summed E-state index contributed by atoms with van der Waals surface area (Å²) in [5.41, 5.74) is 2.09. The van der Waals surface area contributed by atoms with E-state index in [2.05, 4.69) is 5.32 Å². The number of hydrogen-bond acceptors (Lipinski definition) is 5. The quantitative estimate of drug-likeness (QED) is 0.455. The highest BCUT2D eigenvalue weighted by atomic mass is 32.2. The summed E-state index contributed by atoms with van der Waals surface area (Å²) in [7, 11) is -2.45. The summed E-state index contributed by atoms with van der Waals surface area (Å²) in [6.45, 7) is 3.44. The van der Waals surface area contributed by atoms with E-state index in [1.807, 2.05) is 19.1 Å². The minimum atomic E-state index is -3.90. The topological polar surface area (TPSA) is 110 Å². The van der Waals surface area contributed by atoms with Gasteiger partial charge in [-0.1, -0.05) is 29.8 Å². The maximum absolute atomic E-state index is 13.0. The molecule has 0 aliphatic heterocycles. The van der Waals surface area contributed by atoms with Gasteiger partial charge in [-0.15, -0.1) is 0 Å². The van der Waals surface area contributed by atoms with Crippen LogP contribution < -0.4 is 9.62 Å². The van der Waals surface area contributed by atoms with E-state index in [4.69, 9.17) is 0 Å². The molecular weight excluding hydrogens is 418 g/mol. The van der Waals surface area contributed by atoms with Crippen LogP contribution in [0.15, 0.2) is 71.6 Å². The molecule has 0 atom stereocenters. The van der Waals surface area contributed by atoms with Crippen molar-refractivity contribution in [2.24, 2.45) is 0 Å². The summed E-state index contributed by atoms with van der Waals surface area (Å²) in [4.78, 5) is 23.2. The van der Waals surface area contributed by atoms with Crippen LogP contribution in [0.4, 0.5) is 17.1 Å². The standard InChI is InChI=1S/C22H21N3O5S/c1-15-10-12-18(13-11-15)24(3)31(29,30)19-7-4-6-17(14-19)22(26)23-20-8-5-9-21(16(20)2)25(27)28/h4-14H,1-3H3,(H,23,26). The number of aryl methyl sites for hydroxylation is 1. The third-order valence-electron chi connectivity index (χ3n) is 4.90. The van der Waals surface area contributed by atoms with Crippen LogP contribution in [0.25, 0.3) is 0 Å². The number of nitro groups is 1. The molecule has 3 aromatic rings. The third kappa shape index (κ3) is 4.56. The minimum Gasteiger partial charge on any atom is -0.321 e. The summed E-state index contributed by atoms with van der Waals surface area (Å²) in [6, 6.07) is 17.0. The summed E-state index contributed by atoms with van der Waals surface area (Å²) < 4.78 is 27.2. The lowest BCUT2D eigenvalue weighted by Crippen LogP contribution is -2.26. The van der Waals surface area contributed by atoms with Gasteiger partial charge in [-0.25, -0.2) is 8.42 Å². The largest absolute Gasteiger partial charge is 0.321 e. The second-order valence-corrected chi connectivity index (χ2v) is 8.97. The van der Waals surface area contributed by atoms with Crippen LogP contribution in [0.3, 0.4) is 0 Å². The Morgan fingerprint density at radius 3 is 2.29 bits per heavy atom. The fourth-order valence-electron chi connectivity index (χ4n) is 3.00. The molecule has 0 heterocycles. The first kappa shape index (κ1) is 22.0. The third-order valence-corrected chi connectivity index (χ3v) is 6.68. The second-order valence-electron chi connectivity index (χ2n) is 7.00. The van der Waals surface area contributed by atoms with Crippen LogP contribution in [-0.2, 0) is 10.0 Å². The molecule has 8 nitrogen and oxygen atoms in total. The molecule has 3 aromatic carbocycles. The first-order valence-corrected chi connectivity index (χ1v) is 10.8. The zero-order valence-electron chi connectivity index (χ0n) is 17.2. The molecule has 0 aliphatic carbocycles. The van der Waals surface area contributed by atoms with Crippen molar-refractivity contribution in [2.75, 3.05) is 16.7 Å². The summed E-state index contributed by atoms with van der Waals surface area (Å²) in [6.07, 6.45) is 0. The number of anilines is 2. The van der Waals surface area contributed by atoms with Gasteiger partial charge in [0.1, 0.15) is 0 Å². The molecule has 1 amide bonds. The normalized spacial score (nSPS) is 11.1. The molecule has 0 fully saturated rings. The lowest BCUT2D eigenvalue weighted by atomic mass is 10.1. The Kier molecular flexibility index (Phi) is 6.07. The zero-order chi connectivity index (χ0) is 22.8. The lowest BCUT2D eigenvalue weighted by Gasteiger charge is -2.20. The van der Waals surface area contributed by atoms with E-state index in [9.17, 15) is 23.3 Å². The zero-order valence-corrected chi connectivity index (χ0v) is 18.0. The van der Waals surface area contributed by atoms with Crippen molar-refractivity contribution in [3.05, 3.63) is 93.5 Å². The Balaban J connectivity index is 1.89. The van der Waals surface area contributed by atoms with Crippen molar-refractivity contribution in [3.8, 4) is 0 Å². The van der Waals surface area contributed by atoms with E-state index >= 15 is 0 Å². The van der Waals surface area contributed by atoms with Gasteiger partial charge in [0.15, 0.2) is 0 Å². The van der Waals surface area contributed by atoms with E-state index < -0.39 is 20.9 Å². The average molecular weight is 439 g/mol. The van der Waals surface area contributed by atoms with E-state index in [-0.39, 0.29) is 21.8 Å². The van der Waals surface area contributed by atoms with Crippen molar-refractivity contribution in [2.45, 2.75) is 18.7 Å². The first-order chi connectivity index (χ1) is 14.6. The summed E-state index contributed by atoms with van der Waals surface area (Å²) in [5, 5.41) is 13.7. The maximum Gasteiger partial charge on any atom is 0.274 e. The van der Waals surface area contributed by atoms with Crippen molar-refractivity contribution in [1.82, 2.24) is 0 Å². The highest BCUT2D eigenvalue weighted by molar-refractivity contribution is 7.92. The van der Waals surface area contributed by atoms with Crippen LogP contribution in [0.2, 0.25) is 0 Å². The molecule has 0 saturated heterocycles. The molecule has 0 radical (unpaired) electrons. The molecule has 0 aliphatic rings. The Morgan fingerprint density at radius 1 is 1.00 bits per heavy atom. The van der Waals surface area contributed by atoms with Crippen LogP contribution in [0.5, 0.6) is 0 Å². The van der Waals surface area contributed by atoms with Gasteiger partial charge in [0.2, 0.25) is 0 Å². The number of carbonyl (C=O) groups is 1. The van der Waals surface area contributed by atoms with E-state index in [0.717, 1.165) is 9.87 Å². The summed E-state index contributed by atoms with van der Waals surface area (Å²) >= 11 is 0. The number of carbonyl (C=O) groups excluding carboxylic acids is 1. The molecule has 1 N–H and O–H groups in total. The molecule has 160 valence electrons. The van der Waals surface area contributed by atoms with Gasteiger partial charge in [-0.2, -0.15) is 0 Å². The van der Waals surface area contributed by atoms with Crippen LogP contribution >= 0.6 is 0 Å². The molecule has 3 rings (SSSR count). The fourth-order valence-corrected chi connectivity index (χ4v) is 4.24. The Hall–Kier alpha value is -3.72. The van der Waals surface area contributed by atoms with Gasteiger partial charge in [0.25, 0.3) is 21.6 Å². The molecule has 0 bridgehead atoms. The molecule has 0 saturated carbocycles. The van der Waals surface area contributed by atoms with Crippen LogP contribution in [0, 0.1) is 24.0 Å². The Morgan fingerprint density at radius 2 is 1.65 bits per heavy atom. The molecule has 0 spiro atoms. The SMILES string of the molecule is Cc1ccc(N(C)S(=O)(=O)c2cccc(C(=O)Nc3cccc([N+](=O)[O-])c3C)c2)cc1. The molecular formula is C22H21N3O5S. The molecule has 31 heavy (non-hydrogen) atoms. The van der Waals surface area contributed by atoms with Gasteiger partial charge in [-0.3, -0.25) is 19.2 Å². The number of nitrogens with one attached hydrogen (secondary N) is 1. The first-order valence-electron chi connectivity index (χ1n) is 9.32. The lowest BCUT2D eigenvalue weighted by molar-refractivity contribution is -0.385. The van der Waals surface area contributed by atoms with Gasteiger partial charge in [0.05, 0.1) is 26.8 Å². The highest BCUT2D eigenvalue weighted by Gasteiger charge is 2.23. The number of hydrogen-bond donors (Lipinski definition) is 1. The van der Waals surface area contributed by atoms with E-state index in [1.54, 1.807) is 18.2 Å². The molecule has 0 aromatic heterocycles. The minimum absolute atomic E-state index is 0.0426. The van der Waals surface area contributed by atoms with Gasteiger partial charge < -0.3 is 5.32 Å². The predicted octanol–water partition coefficient (Wildman–Crippen LogP) is 4.29. The predicted molar refractivity (Wildman–Crippen MR) is 119 cm³/mol. The number of nitrogens with zero attached hydrogens (tertiary/aromatic N) is 2. The molecule has 0 unspecified atom stereocenters. The van der Waals surface area contributed by atoms with Crippen molar-refractivity contribution >= 4 is 33.0 Å². The Labute approximate surface area is 180 Å². The van der Waals surface area contributed by atoms with Crippen LogP contribution in [-0.4, -0.2) is 26.3 Å². The van der Waals surface area contributed by atoms with Crippen LogP contribution in [0.1, 0.15) is 21.5 Å². The number of rotatable bonds is 6. The summed E-state index contributed by atoms with van der Waals surface area (Å²) in [5.74, 6) is -0.571. The number of benzene rings is 3. The fraction of sp³-hybridized carbons (Fsp3) is 0.136.